The number of halogens is 1. The van der Waals surface area contributed by atoms with E-state index in [1.807, 2.05) is 24.6 Å². The lowest BCUT2D eigenvalue weighted by Crippen LogP contribution is -2.40. The summed E-state index contributed by atoms with van der Waals surface area (Å²) in [7, 11) is 0. The first-order chi connectivity index (χ1) is 9.54. The van der Waals surface area contributed by atoms with Crippen molar-refractivity contribution < 1.29 is 9.18 Å². The molecule has 5 heteroatoms. The second-order valence-electron chi connectivity index (χ2n) is 5.41. The Morgan fingerprint density at radius 1 is 1.35 bits per heavy atom. The minimum absolute atomic E-state index is 0.000689. The van der Waals surface area contributed by atoms with Crippen LogP contribution in [0.1, 0.15) is 25.7 Å². The predicted octanol–water partition coefficient (Wildman–Crippen LogP) is 2.52. The standard InChI is InChI=1S/C15H16FN3O/c1-9(2)14-15-17-12(7-19(15)8-13(20)18-14)10-3-5-11(16)6-4-10/h3-7,9,14H,8H2,1-2H3,(H,18,20)/t14-/m0/s1. The molecule has 3 rings (SSSR count). The zero-order chi connectivity index (χ0) is 14.3. The number of carbonyl (C=O) groups is 1. The summed E-state index contributed by atoms with van der Waals surface area (Å²) in [6, 6.07) is 6.14. The Morgan fingerprint density at radius 3 is 2.70 bits per heavy atom. The molecule has 0 fully saturated rings. The van der Waals surface area contributed by atoms with E-state index in [1.165, 1.54) is 12.1 Å². The van der Waals surface area contributed by atoms with Crippen molar-refractivity contribution in [2.24, 2.45) is 5.92 Å². The van der Waals surface area contributed by atoms with Crippen LogP contribution < -0.4 is 5.32 Å². The van der Waals surface area contributed by atoms with Crippen molar-refractivity contribution in [3.8, 4) is 11.3 Å². The SMILES string of the molecule is CC(C)[C@@H]1NC(=O)Cn2cc(-c3ccc(F)cc3)nc21. The molecular formula is C15H16FN3O. The van der Waals surface area contributed by atoms with Crippen molar-refractivity contribution in [3.05, 3.63) is 42.1 Å². The van der Waals surface area contributed by atoms with Gasteiger partial charge in [-0.15, -0.1) is 0 Å². The van der Waals surface area contributed by atoms with Crippen LogP contribution in [0.25, 0.3) is 11.3 Å². The number of hydrogen-bond donors (Lipinski definition) is 1. The first-order valence-corrected chi connectivity index (χ1v) is 6.67. The summed E-state index contributed by atoms with van der Waals surface area (Å²) in [4.78, 5) is 16.3. The zero-order valence-corrected chi connectivity index (χ0v) is 11.4. The normalized spacial score (nSPS) is 18.0. The van der Waals surface area contributed by atoms with E-state index in [-0.39, 0.29) is 30.2 Å². The van der Waals surface area contributed by atoms with Crippen LogP contribution >= 0.6 is 0 Å². The van der Waals surface area contributed by atoms with E-state index in [4.69, 9.17) is 0 Å². The van der Waals surface area contributed by atoms with Gasteiger partial charge in [0.25, 0.3) is 0 Å². The lowest BCUT2D eigenvalue weighted by Gasteiger charge is -2.27. The number of benzene rings is 1. The summed E-state index contributed by atoms with van der Waals surface area (Å²) in [6.07, 6.45) is 1.86. The smallest absolute Gasteiger partial charge is 0.240 e. The Balaban J connectivity index is 2.03. The van der Waals surface area contributed by atoms with Crippen molar-refractivity contribution in [1.29, 1.82) is 0 Å². The molecule has 4 nitrogen and oxygen atoms in total. The fraction of sp³-hybridized carbons (Fsp3) is 0.333. The number of imidazole rings is 1. The van der Waals surface area contributed by atoms with E-state index in [0.717, 1.165) is 17.1 Å². The highest BCUT2D eigenvalue weighted by atomic mass is 19.1. The third-order valence-corrected chi connectivity index (χ3v) is 3.52. The zero-order valence-electron chi connectivity index (χ0n) is 11.4. The Kier molecular flexibility index (Phi) is 3.04. The second-order valence-corrected chi connectivity index (χ2v) is 5.41. The van der Waals surface area contributed by atoms with Crippen molar-refractivity contribution in [2.75, 3.05) is 0 Å². The number of aromatic nitrogens is 2. The molecule has 104 valence electrons. The van der Waals surface area contributed by atoms with E-state index in [0.29, 0.717) is 0 Å². The molecule has 1 atom stereocenters. The molecule has 0 spiro atoms. The van der Waals surface area contributed by atoms with Gasteiger partial charge in [0.15, 0.2) is 0 Å². The summed E-state index contributed by atoms with van der Waals surface area (Å²) in [5.74, 6) is 0.856. The molecule has 1 aromatic heterocycles. The molecule has 1 N–H and O–H groups in total. The molecule has 1 amide bonds. The van der Waals surface area contributed by atoms with Crippen molar-refractivity contribution in [2.45, 2.75) is 26.4 Å². The van der Waals surface area contributed by atoms with Crippen LogP contribution in [-0.2, 0) is 11.3 Å². The topological polar surface area (TPSA) is 46.9 Å². The third kappa shape index (κ3) is 2.19. The van der Waals surface area contributed by atoms with E-state index in [9.17, 15) is 9.18 Å². The van der Waals surface area contributed by atoms with Gasteiger partial charge in [0.1, 0.15) is 18.2 Å². The summed E-state index contributed by atoms with van der Waals surface area (Å²) in [6.45, 7) is 4.38. The Morgan fingerprint density at radius 2 is 2.05 bits per heavy atom. The monoisotopic (exact) mass is 273 g/mol. The first-order valence-electron chi connectivity index (χ1n) is 6.67. The van der Waals surface area contributed by atoms with Gasteiger partial charge in [-0.3, -0.25) is 4.79 Å². The number of hydrogen-bond acceptors (Lipinski definition) is 2. The van der Waals surface area contributed by atoms with Crippen molar-refractivity contribution in [3.63, 3.8) is 0 Å². The molecule has 1 aromatic carbocycles. The average molecular weight is 273 g/mol. The third-order valence-electron chi connectivity index (χ3n) is 3.52. The van der Waals surface area contributed by atoms with Crippen LogP contribution in [0.4, 0.5) is 4.39 Å². The quantitative estimate of drug-likeness (QED) is 0.914. The summed E-state index contributed by atoms with van der Waals surface area (Å²) in [5, 5.41) is 2.96. The Bertz CT molecular complexity index is 646. The summed E-state index contributed by atoms with van der Waals surface area (Å²) < 4.78 is 14.8. The van der Waals surface area contributed by atoms with Gasteiger partial charge < -0.3 is 9.88 Å². The van der Waals surface area contributed by atoms with E-state index < -0.39 is 0 Å². The van der Waals surface area contributed by atoms with E-state index in [1.54, 1.807) is 12.1 Å². The molecule has 2 aromatic rings. The Hall–Kier alpha value is -2.17. The number of nitrogens with one attached hydrogen (secondary N) is 1. The van der Waals surface area contributed by atoms with Gasteiger partial charge in [0.2, 0.25) is 5.91 Å². The highest BCUT2D eigenvalue weighted by Crippen LogP contribution is 2.28. The molecule has 20 heavy (non-hydrogen) atoms. The van der Waals surface area contributed by atoms with Crippen LogP contribution in [-0.4, -0.2) is 15.5 Å². The molecule has 0 saturated heterocycles. The van der Waals surface area contributed by atoms with Gasteiger partial charge >= 0.3 is 0 Å². The van der Waals surface area contributed by atoms with Gasteiger partial charge in [-0.25, -0.2) is 9.37 Å². The van der Waals surface area contributed by atoms with Gasteiger partial charge in [0, 0.05) is 11.8 Å². The highest BCUT2D eigenvalue weighted by molar-refractivity contribution is 5.77. The second kappa shape index (κ2) is 4.74. The summed E-state index contributed by atoms with van der Waals surface area (Å²) in [5.41, 5.74) is 1.62. The maximum absolute atomic E-state index is 13.0. The fourth-order valence-corrected chi connectivity index (χ4v) is 2.47. The minimum Gasteiger partial charge on any atom is -0.344 e. The molecule has 0 bridgehead atoms. The van der Waals surface area contributed by atoms with E-state index >= 15 is 0 Å². The van der Waals surface area contributed by atoms with Gasteiger partial charge in [0.05, 0.1) is 11.7 Å². The minimum atomic E-state index is -0.269. The number of fused-ring (bicyclic) bond motifs is 1. The number of rotatable bonds is 2. The number of nitrogens with zero attached hydrogens (tertiary/aromatic N) is 2. The van der Waals surface area contributed by atoms with Gasteiger partial charge in [-0.05, 0) is 30.2 Å². The Labute approximate surface area is 116 Å². The van der Waals surface area contributed by atoms with Crippen LogP contribution in [0.3, 0.4) is 0 Å². The predicted molar refractivity (Wildman–Crippen MR) is 73.3 cm³/mol. The molecule has 0 saturated carbocycles. The molecule has 2 heterocycles. The molecular weight excluding hydrogens is 257 g/mol. The van der Waals surface area contributed by atoms with Crippen LogP contribution in [0, 0.1) is 11.7 Å². The lowest BCUT2D eigenvalue weighted by molar-refractivity contribution is -0.124. The lowest BCUT2D eigenvalue weighted by atomic mass is 10.0. The van der Waals surface area contributed by atoms with Gasteiger partial charge in [-0.1, -0.05) is 13.8 Å². The molecule has 0 unspecified atom stereocenters. The number of amides is 1. The highest BCUT2D eigenvalue weighted by Gasteiger charge is 2.29. The maximum atomic E-state index is 13.0. The molecule has 1 aliphatic rings. The van der Waals surface area contributed by atoms with Crippen LogP contribution in [0.5, 0.6) is 0 Å². The maximum Gasteiger partial charge on any atom is 0.240 e. The van der Waals surface area contributed by atoms with E-state index in [2.05, 4.69) is 10.3 Å². The molecule has 1 aliphatic heterocycles. The number of carbonyl (C=O) groups excluding carboxylic acids is 1. The van der Waals surface area contributed by atoms with Crippen LogP contribution in [0.2, 0.25) is 0 Å². The largest absolute Gasteiger partial charge is 0.344 e. The summed E-state index contributed by atoms with van der Waals surface area (Å²) >= 11 is 0. The van der Waals surface area contributed by atoms with Crippen LogP contribution in [0.15, 0.2) is 30.5 Å². The van der Waals surface area contributed by atoms with Crippen molar-refractivity contribution >= 4 is 5.91 Å². The molecule has 0 radical (unpaired) electrons. The average Bonchev–Trinajstić information content (AvgIpc) is 2.81. The molecule has 0 aliphatic carbocycles. The first kappa shape index (κ1) is 12.8. The fourth-order valence-electron chi connectivity index (χ4n) is 2.47. The van der Waals surface area contributed by atoms with Crippen molar-refractivity contribution in [1.82, 2.24) is 14.9 Å². The van der Waals surface area contributed by atoms with Gasteiger partial charge in [-0.2, -0.15) is 0 Å².